The molecular formula is C22H20ClN3O5. The Morgan fingerprint density at radius 1 is 1.03 bits per heavy atom. The van der Waals surface area contributed by atoms with Crippen molar-refractivity contribution in [3.8, 4) is 11.5 Å². The van der Waals surface area contributed by atoms with Gasteiger partial charge in [0, 0.05) is 35.0 Å². The van der Waals surface area contributed by atoms with Gasteiger partial charge in [-0.15, -0.1) is 0 Å². The predicted molar refractivity (Wildman–Crippen MR) is 119 cm³/mol. The van der Waals surface area contributed by atoms with Gasteiger partial charge in [0.2, 0.25) is 0 Å². The Kier molecular flexibility index (Phi) is 6.94. The van der Waals surface area contributed by atoms with E-state index in [9.17, 15) is 14.9 Å². The average molecular weight is 442 g/mol. The zero-order valence-corrected chi connectivity index (χ0v) is 17.6. The molecule has 0 atom stereocenters. The van der Waals surface area contributed by atoms with Crippen LogP contribution in [-0.2, 0) is 6.54 Å². The van der Waals surface area contributed by atoms with Crippen molar-refractivity contribution in [2.45, 2.75) is 6.54 Å². The van der Waals surface area contributed by atoms with Crippen molar-refractivity contribution in [1.82, 2.24) is 0 Å². The molecule has 9 heteroatoms. The summed E-state index contributed by atoms with van der Waals surface area (Å²) in [5, 5.41) is 17.8. The fourth-order valence-electron chi connectivity index (χ4n) is 2.92. The summed E-state index contributed by atoms with van der Waals surface area (Å²) < 4.78 is 10.4. The first kappa shape index (κ1) is 21.9. The molecule has 0 fully saturated rings. The van der Waals surface area contributed by atoms with Crippen molar-refractivity contribution in [1.29, 1.82) is 0 Å². The van der Waals surface area contributed by atoms with Crippen molar-refractivity contribution in [3.05, 3.63) is 86.9 Å². The monoisotopic (exact) mass is 441 g/mol. The molecule has 31 heavy (non-hydrogen) atoms. The fraction of sp³-hybridized carbons (Fsp3) is 0.136. The van der Waals surface area contributed by atoms with Gasteiger partial charge >= 0.3 is 0 Å². The van der Waals surface area contributed by atoms with Crippen molar-refractivity contribution in [2.24, 2.45) is 0 Å². The lowest BCUT2D eigenvalue weighted by Gasteiger charge is -2.12. The quantitative estimate of drug-likeness (QED) is 0.371. The minimum absolute atomic E-state index is 0.143. The number of amides is 1. The van der Waals surface area contributed by atoms with Gasteiger partial charge in [-0.2, -0.15) is 0 Å². The third-order valence-corrected chi connectivity index (χ3v) is 4.89. The van der Waals surface area contributed by atoms with Crippen molar-refractivity contribution < 1.29 is 19.2 Å². The van der Waals surface area contributed by atoms with E-state index < -0.39 is 10.8 Å². The highest BCUT2D eigenvalue weighted by Gasteiger charge is 2.18. The number of methoxy groups -OCH3 is 2. The van der Waals surface area contributed by atoms with Crippen LogP contribution in [0.5, 0.6) is 11.5 Å². The second kappa shape index (κ2) is 9.82. The first-order valence-corrected chi connectivity index (χ1v) is 9.60. The first-order chi connectivity index (χ1) is 14.9. The number of hydrogen-bond donors (Lipinski definition) is 2. The van der Waals surface area contributed by atoms with Crippen LogP contribution < -0.4 is 20.1 Å². The molecule has 0 aromatic heterocycles. The summed E-state index contributed by atoms with van der Waals surface area (Å²) >= 11 is 6.13. The summed E-state index contributed by atoms with van der Waals surface area (Å²) in [5.41, 5.74) is 1.48. The second-order valence-corrected chi connectivity index (χ2v) is 6.87. The lowest BCUT2D eigenvalue weighted by molar-refractivity contribution is -0.384. The van der Waals surface area contributed by atoms with E-state index in [1.165, 1.54) is 32.4 Å². The Labute approximate surface area is 183 Å². The molecule has 0 radical (unpaired) electrons. The SMILES string of the molecule is COc1ccc(NC(=O)c2ccc(NCc3ccccc3Cl)c([N+](=O)[O-])c2)cc1OC. The Hall–Kier alpha value is -3.78. The van der Waals surface area contributed by atoms with Gasteiger partial charge in [-0.25, -0.2) is 0 Å². The largest absolute Gasteiger partial charge is 0.493 e. The predicted octanol–water partition coefficient (Wildman–Crippen LogP) is 5.13. The van der Waals surface area contributed by atoms with E-state index in [-0.39, 0.29) is 16.9 Å². The van der Waals surface area contributed by atoms with Crippen LogP contribution in [0.3, 0.4) is 0 Å². The molecule has 3 rings (SSSR count). The highest BCUT2D eigenvalue weighted by atomic mass is 35.5. The van der Waals surface area contributed by atoms with E-state index in [4.69, 9.17) is 21.1 Å². The van der Waals surface area contributed by atoms with Crippen LogP contribution in [0.1, 0.15) is 15.9 Å². The molecule has 8 nitrogen and oxygen atoms in total. The molecule has 0 aliphatic carbocycles. The number of nitro groups is 1. The van der Waals surface area contributed by atoms with E-state index in [1.807, 2.05) is 12.1 Å². The summed E-state index contributed by atoms with van der Waals surface area (Å²) in [7, 11) is 3.00. The van der Waals surface area contributed by atoms with E-state index in [0.29, 0.717) is 28.8 Å². The normalized spacial score (nSPS) is 10.3. The summed E-state index contributed by atoms with van der Waals surface area (Å²) in [5.74, 6) is 0.475. The molecule has 160 valence electrons. The molecule has 0 bridgehead atoms. The number of carbonyl (C=O) groups is 1. The summed E-state index contributed by atoms with van der Waals surface area (Å²) in [4.78, 5) is 23.7. The average Bonchev–Trinajstić information content (AvgIpc) is 2.78. The third-order valence-electron chi connectivity index (χ3n) is 4.53. The number of carbonyl (C=O) groups excluding carboxylic acids is 1. The van der Waals surface area contributed by atoms with Crippen LogP contribution in [0.2, 0.25) is 5.02 Å². The molecule has 3 aromatic rings. The van der Waals surface area contributed by atoms with Crippen LogP contribution >= 0.6 is 11.6 Å². The maximum atomic E-state index is 12.6. The summed E-state index contributed by atoms with van der Waals surface area (Å²) in [6, 6.07) is 16.3. The molecule has 0 unspecified atom stereocenters. The Bertz CT molecular complexity index is 1120. The van der Waals surface area contributed by atoms with Crippen molar-refractivity contribution >= 4 is 34.6 Å². The second-order valence-electron chi connectivity index (χ2n) is 6.46. The number of benzene rings is 3. The van der Waals surface area contributed by atoms with Gasteiger partial charge in [0.1, 0.15) is 5.69 Å². The number of rotatable bonds is 8. The lowest BCUT2D eigenvalue weighted by atomic mass is 10.1. The first-order valence-electron chi connectivity index (χ1n) is 9.22. The van der Waals surface area contributed by atoms with Gasteiger partial charge in [0.05, 0.1) is 19.1 Å². The number of nitrogens with one attached hydrogen (secondary N) is 2. The minimum atomic E-state index is -0.540. The molecule has 0 heterocycles. The zero-order chi connectivity index (χ0) is 22.4. The third kappa shape index (κ3) is 5.23. The maximum absolute atomic E-state index is 12.6. The number of ether oxygens (including phenoxy) is 2. The molecule has 0 aliphatic rings. The van der Waals surface area contributed by atoms with Crippen molar-refractivity contribution in [3.63, 3.8) is 0 Å². The van der Waals surface area contributed by atoms with E-state index >= 15 is 0 Å². The fourth-order valence-corrected chi connectivity index (χ4v) is 3.13. The Morgan fingerprint density at radius 2 is 1.77 bits per heavy atom. The van der Waals surface area contributed by atoms with Gasteiger partial charge in [-0.3, -0.25) is 14.9 Å². The Balaban J connectivity index is 1.79. The standard InChI is InChI=1S/C22H20ClN3O5/c1-30-20-10-8-16(12-21(20)31-2)25-22(27)14-7-9-18(19(11-14)26(28)29)24-13-15-5-3-4-6-17(15)23/h3-12,24H,13H2,1-2H3,(H,25,27). The van der Waals surface area contributed by atoms with Gasteiger partial charge < -0.3 is 20.1 Å². The molecule has 1 amide bonds. The smallest absolute Gasteiger partial charge is 0.293 e. The molecule has 3 aromatic carbocycles. The van der Waals surface area contributed by atoms with E-state index in [1.54, 1.807) is 30.3 Å². The number of hydrogen-bond acceptors (Lipinski definition) is 6. The molecular weight excluding hydrogens is 422 g/mol. The summed E-state index contributed by atoms with van der Waals surface area (Å²) in [6.07, 6.45) is 0. The molecule has 2 N–H and O–H groups in total. The Morgan fingerprint density at radius 3 is 2.45 bits per heavy atom. The van der Waals surface area contributed by atoms with Crippen LogP contribution in [0.15, 0.2) is 60.7 Å². The highest BCUT2D eigenvalue weighted by Crippen LogP contribution is 2.31. The topological polar surface area (TPSA) is 103 Å². The van der Waals surface area contributed by atoms with Gasteiger partial charge in [-0.05, 0) is 35.9 Å². The minimum Gasteiger partial charge on any atom is -0.493 e. The number of halogens is 1. The van der Waals surface area contributed by atoms with Crippen LogP contribution in [-0.4, -0.2) is 25.1 Å². The number of nitro benzene ring substituents is 1. The highest BCUT2D eigenvalue weighted by molar-refractivity contribution is 6.31. The van der Waals surface area contributed by atoms with E-state index in [0.717, 1.165) is 5.56 Å². The maximum Gasteiger partial charge on any atom is 0.293 e. The molecule has 0 saturated heterocycles. The van der Waals surface area contributed by atoms with Crippen LogP contribution in [0.25, 0.3) is 0 Å². The van der Waals surface area contributed by atoms with Crippen LogP contribution in [0.4, 0.5) is 17.1 Å². The summed E-state index contributed by atoms with van der Waals surface area (Å²) in [6.45, 7) is 0.303. The van der Waals surface area contributed by atoms with E-state index in [2.05, 4.69) is 10.6 Å². The van der Waals surface area contributed by atoms with Gasteiger partial charge in [0.25, 0.3) is 11.6 Å². The number of anilines is 2. The van der Waals surface area contributed by atoms with Crippen molar-refractivity contribution in [2.75, 3.05) is 24.9 Å². The van der Waals surface area contributed by atoms with Crippen LogP contribution in [0, 0.1) is 10.1 Å². The molecule has 0 spiro atoms. The van der Waals surface area contributed by atoms with Gasteiger partial charge in [0.15, 0.2) is 11.5 Å². The molecule has 0 saturated carbocycles. The number of nitrogens with zero attached hydrogens (tertiary/aromatic N) is 1. The van der Waals surface area contributed by atoms with Gasteiger partial charge in [-0.1, -0.05) is 29.8 Å². The lowest BCUT2D eigenvalue weighted by Crippen LogP contribution is -2.13. The molecule has 0 aliphatic heterocycles. The zero-order valence-electron chi connectivity index (χ0n) is 16.8.